The molecule has 52 heavy (non-hydrogen) atoms. The van der Waals surface area contributed by atoms with Gasteiger partial charge >= 0.3 is 0 Å². The molecular weight excluding hydrogens is 635 g/mol. The lowest BCUT2D eigenvalue weighted by Crippen LogP contribution is -2.33. The van der Waals surface area contributed by atoms with Crippen molar-refractivity contribution < 1.29 is 9.47 Å². The molecule has 1 heterocycles. The van der Waals surface area contributed by atoms with Crippen molar-refractivity contribution in [3.8, 4) is 0 Å². The third kappa shape index (κ3) is 21.7. The summed E-state index contributed by atoms with van der Waals surface area (Å²) < 4.78 is 13.7. The van der Waals surface area contributed by atoms with Gasteiger partial charge in [-0.15, -0.1) is 0 Å². The van der Waals surface area contributed by atoms with Gasteiger partial charge in [0, 0.05) is 18.9 Å². The van der Waals surface area contributed by atoms with Crippen LogP contribution in [0.1, 0.15) is 220 Å². The Morgan fingerprint density at radius 1 is 0.558 bits per heavy atom. The van der Waals surface area contributed by atoms with Crippen molar-refractivity contribution in [3.63, 3.8) is 0 Å². The lowest BCUT2D eigenvalue weighted by atomic mass is 9.76. The Bertz CT molecular complexity index is 901. The molecule has 0 bridgehead atoms. The Morgan fingerprint density at radius 2 is 0.981 bits per heavy atom. The summed E-state index contributed by atoms with van der Waals surface area (Å²) in [7, 11) is 4.36. The van der Waals surface area contributed by atoms with Gasteiger partial charge in [-0.2, -0.15) is 0 Å². The van der Waals surface area contributed by atoms with Crippen LogP contribution in [0.15, 0.2) is 48.6 Å². The van der Waals surface area contributed by atoms with E-state index in [0.717, 1.165) is 32.1 Å². The molecule has 2 unspecified atom stereocenters. The number of unbranched alkanes of at least 4 members (excludes halogenated alkanes) is 18. The van der Waals surface area contributed by atoms with Gasteiger partial charge in [-0.25, -0.2) is 0 Å². The molecule has 3 nitrogen and oxygen atoms in total. The van der Waals surface area contributed by atoms with E-state index in [1.54, 1.807) is 0 Å². The normalized spacial score (nSPS) is 22.6. The standard InChI is InChI=1S/C49H89NO2/c1-7-9-11-13-15-17-19-21-23-25-27-29-31-33-35-37-39-48(41-42-49(44-48)51-46(4)47(52-49)43-45(3)50(5)6)40-38-36-34-32-30-28-26-24-22-20-18-16-14-12-10-8-2/h15-18,21-24,45-47H,7-14,19-20,25-44H2,1-6H3/b17-15-,18-16-,23-21-,24-22-/t45?,46-,47+,49?/m1/s1. The first kappa shape index (κ1) is 47.0. The lowest BCUT2D eigenvalue weighted by molar-refractivity contribution is -0.175. The molecule has 0 amide bonds. The van der Waals surface area contributed by atoms with E-state index in [-0.39, 0.29) is 18.0 Å². The largest absolute Gasteiger partial charge is 0.344 e. The van der Waals surface area contributed by atoms with Crippen molar-refractivity contribution in [2.75, 3.05) is 14.1 Å². The number of ether oxygens (including phenoxy) is 2. The van der Waals surface area contributed by atoms with E-state index >= 15 is 0 Å². The topological polar surface area (TPSA) is 21.7 Å². The van der Waals surface area contributed by atoms with Crippen LogP contribution in [0.25, 0.3) is 0 Å². The SMILES string of the molecule is CCCCC/C=C\C/C=C\CCCCCCCCC1(CCCCCCCC/C=C\C/C=C\CCCCC)CCC2(C1)O[C@@H](CC(C)N(C)C)[C@@H](C)O2. The van der Waals surface area contributed by atoms with Crippen molar-refractivity contribution in [2.24, 2.45) is 5.41 Å². The second kappa shape index (κ2) is 30.1. The molecule has 2 rings (SSSR count). The number of rotatable bonds is 33. The molecule has 1 saturated heterocycles. The Labute approximate surface area is 325 Å². The van der Waals surface area contributed by atoms with E-state index in [9.17, 15) is 0 Å². The quantitative estimate of drug-likeness (QED) is 0.0497. The number of allylic oxidation sites excluding steroid dienone is 8. The minimum atomic E-state index is -0.327. The van der Waals surface area contributed by atoms with Crippen LogP contribution in [0.5, 0.6) is 0 Å². The van der Waals surface area contributed by atoms with Crippen LogP contribution < -0.4 is 0 Å². The molecule has 0 radical (unpaired) electrons. The molecule has 1 aliphatic heterocycles. The van der Waals surface area contributed by atoms with E-state index in [1.165, 1.54) is 161 Å². The molecule has 0 N–H and O–H groups in total. The fraction of sp³-hybridized carbons (Fsp3) is 0.837. The van der Waals surface area contributed by atoms with Gasteiger partial charge in [-0.3, -0.25) is 0 Å². The zero-order valence-electron chi connectivity index (χ0n) is 35.8. The summed E-state index contributed by atoms with van der Waals surface area (Å²) in [5.41, 5.74) is 0.409. The first-order chi connectivity index (χ1) is 25.4. The van der Waals surface area contributed by atoms with E-state index in [2.05, 4.69) is 95.3 Å². The van der Waals surface area contributed by atoms with Gasteiger partial charge in [-0.05, 0) is 123 Å². The maximum Gasteiger partial charge on any atom is 0.169 e. The highest BCUT2D eigenvalue weighted by atomic mass is 16.8. The fourth-order valence-corrected chi connectivity index (χ4v) is 8.53. The molecule has 3 heteroatoms. The molecule has 4 atom stereocenters. The molecule has 2 aliphatic rings. The van der Waals surface area contributed by atoms with Gasteiger partial charge in [0.2, 0.25) is 0 Å². The number of hydrogen-bond donors (Lipinski definition) is 0. The minimum Gasteiger partial charge on any atom is -0.344 e. The zero-order chi connectivity index (χ0) is 37.6. The molecule has 0 aromatic carbocycles. The Balaban J connectivity index is 1.69. The summed E-state index contributed by atoms with van der Waals surface area (Å²) in [6.45, 7) is 9.12. The molecule has 1 spiro atoms. The summed E-state index contributed by atoms with van der Waals surface area (Å²) in [5, 5.41) is 0. The highest BCUT2D eigenvalue weighted by Gasteiger charge is 2.55. The third-order valence-electron chi connectivity index (χ3n) is 12.2. The van der Waals surface area contributed by atoms with Crippen LogP contribution in [0.4, 0.5) is 0 Å². The molecular formula is C49H89NO2. The van der Waals surface area contributed by atoms with Gasteiger partial charge in [0.1, 0.15) is 0 Å². The van der Waals surface area contributed by atoms with E-state index < -0.39 is 0 Å². The van der Waals surface area contributed by atoms with Crippen molar-refractivity contribution in [1.29, 1.82) is 0 Å². The number of hydrogen-bond acceptors (Lipinski definition) is 3. The second-order valence-corrected chi connectivity index (χ2v) is 17.3. The Morgan fingerprint density at radius 3 is 1.42 bits per heavy atom. The zero-order valence-corrected chi connectivity index (χ0v) is 35.8. The highest BCUT2D eigenvalue weighted by molar-refractivity contribution is 4.99. The summed E-state index contributed by atoms with van der Waals surface area (Å²) >= 11 is 0. The predicted molar refractivity (Wildman–Crippen MR) is 230 cm³/mol. The van der Waals surface area contributed by atoms with Gasteiger partial charge in [0.15, 0.2) is 5.79 Å². The van der Waals surface area contributed by atoms with Crippen molar-refractivity contribution in [2.45, 2.75) is 244 Å². The van der Waals surface area contributed by atoms with Crippen LogP contribution in [-0.4, -0.2) is 43.0 Å². The van der Waals surface area contributed by atoms with Gasteiger partial charge < -0.3 is 14.4 Å². The molecule has 0 aromatic heterocycles. The van der Waals surface area contributed by atoms with E-state index in [4.69, 9.17) is 9.47 Å². The van der Waals surface area contributed by atoms with Crippen LogP contribution in [0, 0.1) is 5.41 Å². The highest BCUT2D eigenvalue weighted by Crippen LogP contribution is 2.55. The summed E-state index contributed by atoms with van der Waals surface area (Å²) in [4.78, 5) is 2.32. The summed E-state index contributed by atoms with van der Waals surface area (Å²) in [6.07, 6.45) is 58.4. The fourth-order valence-electron chi connectivity index (χ4n) is 8.53. The summed E-state index contributed by atoms with van der Waals surface area (Å²) in [5.74, 6) is -0.327. The maximum atomic E-state index is 6.90. The van der Waals surface area contributed by atoms with Crippen molar-refractivity contribution in [1.82, 2.24) is 4.90 Å². The predicted octanol–water partition coefficient (Wildman–Crippen LogP) is 15.4. The first-order valence-corrected chi connectivity index (χ1v) is 23.0. The molecule has 1 aliphatic carbocycles. The molecule has 2 fully saturated rings. The van der Waals surface area contributed by atoms with Gasteiger partial charge in [0.25, 0.3) is 0 Å². The van der Waals surface area contributed by atoms with E-state index in [0.29, 0.717) is 11.5 Å². The van der Waals surface area contributed by atoms with Crippen molar-refractivity contribution in [3.05, 3.63) is 48.6 Å². The first-order valence-electron chi connectivity index (χ1n) is 23.0. The monoisotopic (exact) mass is 724 g/mol. The summed E-state index contributed by atoms with van der Waals surface area (Å²) in [6, 6.07) is 0.508. The Kier molecular flexibility index (Phi) is 27.2. The van der Waals surface area contributed by atoms with Gasteiger partial charge in [0.05, 0.1) is 12.2 Å². The lowest BCUT2D eigenvalue weighted by Gasteiger charge is -2.32. The Hall–Kier alpha value is -1.16. The minimum absolute atomic E-state index is 0.196. The van der Waals surface area contributed by atoms with E-state index in [1.807, 2.05) is 0 Å². The van der Waals surface area contributed by atoms with Gasteiger partial charge in [-0.1, -0.05) is 152 Å². The van der Waals surface area contributed by atoms with Crippen LogP contribution in [0.3, 0.4) is 0 Å². The molecule has 1 saturated carbocycles. The average molecular weight is 724 g/mol. The number of nitrogens with zero attached hydrogens (tertiary/aromatic N) is 1. The molecule has 0 aromatic rings. The average Bonchev–Trinajstić information content (AvgIpc) is 3.63. The smallest absolute Gasteiger partial charge is 0.169 e. The molecule has 302 valence electrons. The van der Waals surface area contributed by atoms with Crippen LogP contribution in [-0.2, 0) is 9.47 Å². The van der Waals surface area contributed by atoms with Crippen molar-refractivity contribution >= 4 is 0 Å². The maximum absolute atomic E-state index is 6.90. The van der Waals surface area contributed by atoms with Crippen LogP contribution >= 0.6 is 0 Å². The van der Waals surface area contributed by atoms with Crippen LogP contribution in [0.2, 0.25) is 0 Å². The third-order valence-corrected chi connectivity index (χ3v) is 12.2. The second-order valence-electron chi connectivity index (χ2n) is 17.3.